The van der Waals surface area contributed by atoms with E-state index >= 15 is 0 Å². The summed E-state index contributed by atoms with van der Waals surface area (Å²) >= 11 is 0. The van der Waals surface area contributed by atoms with Crippen molar-refractivity contribution in [2.24, 2.45) is 12.0 Å². The van der Waals surface area contributed by atoms with Crippen molar-refractivity contribution in [3.05, 3.63) is 60.1 Å². The van der Waals surface area contributed by atoms with Crippen LogP contribution in [0.2, 0.25) is 0 Å². The molecule has 4 rings (SSSR count). The van der Waals surface area contributed by atoms with Crippen LogP contribution in [0.25, 0.3) is 5.82 Å². The first-order valence-corrected chi connectivity index (χ1v) is 10.1. The highest BCUT2D eigenvalue weighted by Gasteiger charge is 2.26. The first kappa shape index (κ1) is 22.3. The van der Waals surface area contributed by atoms with Crippen LogP contribution in [0.4, 0.5) is 0 Å². The van der Waals surface area contributed by atoms with Crippen molar-refractivity contribution in [2.75, 3.05) is 19.6 Å². The molecule has 1 atom stereocenters. The molecule has 0 aliphatic carbocycles. The number of nitrogens with zero attached hydrogens (tertiary/aromatic N) is 7. The summed E-state index contributed by atoms with van der Waals surface area (Å²) in [7, 11) is 1.97. The maximum absolute atomic E-state index is 4.86. The lowest BCUT2D eigenvalue weighted by molar-refractivity contribution is 0.486. The number of hydrogen-bond acceptors (Lipinski definition) is 4. The normalized spacial score (nSPS) is 16.6. The fourth-order valence-electron chi connectivity index (χ4n) is 3.74. The molecule has 1 aliphatic rings. The summed E-state index contributed by atoms with van der Waals surface area (Å²) in [4.78, 5) is 16.0. The van der Waals surface area contributed by atoms with Crippen LogP contribution in [0.5, 0.6) is 0 Å². The predicted octanol–water partition coefficient (Wildman–Crippen LogP) is 2.88. The Bertz CT molecular complexity index is 975. The molecule has 0 bridgehead atoms. The zero-order valence-electron chi connectivity index (χ0n) is 17.7. The Balaban J connectivity index is 0.00000256. The smallest absolute Gasteiger partial charge is 0.194 e. The number of aromatic nitrogens is 5. The molecule has 160 valence electrons. The van der Waals surface area contributed by atoms with Crippen LogP contribution in [-0.2, 0) is 13.6 Å². The number of hydrogen-bond donors (Lipinski definition) is 1. The maximum atomic E-state index is 4.86. The Morgan fingerprint density at radius 2 is 2.13 bits per heavy atom. The summed E-state index contributed by atoms with van der Waals surface area (Å²) in [6.07, 6.45) is 10.8. The topological polar surface area (TPSA) is 76.2 Å². The number of guanidine groups is 1. The lowest BCUT2D eigenvalue weighted by atomic mass is 10.0. The Labute approximate surface area is 194 Å². The van der Waals surface area contributed by atoms with Crippen LogP contribution < -0.4 is 5.32 Å². The lowest BCUT2D eigenvalue weighted by Gasteiger charge is -2.21. The molecule has 9 heteroatoms. The van der Waals surface area contributed by atoms with Crippen LogP contribution in [0, 0.1) is 6.92 Å². The largest absolute Gasteiger partial charge is 0.357 e. The van der Waals surface area contributed by atoms with Gasteiger partial charge in [-0.25, -0.2) is 15.0 Å². The number of imidazole rings is 1. The summed E-state index contributed by atoms with van der Waals surface area (Å²) in [5.41, 5.74) is 2.39. The molecule has 0 aromatic carbocycles. The average Bonchev–Trinajstić information content (AvgIpc) is 3.46. The van der Waals surface area contributed by atoms with Crippen LogP contribution in [-0.4, -0.2) is 54.8 Å². The van der Waals surface area contributed by atoms with Crippen molar-refractivity contribution in [1.29, 1.82) is 0 Å². The van der Waals surface area contributed by atoms with Crippen LogP contribution in [0.15, 0.2) is 48.1 Å². The molecule has 1 N–H and O–H groups in total. The SMILES string of the molecule is CCNC(=NCc1ccc(-n2ccnc2C)nc1)N1CCC(c2cnn(C)c2)C1.I. The van der Waals surface area contributed by atoms with E-state index in [2.05, 4.69) is 44.5 Å². The summed E-state index contributed by atoms with van der Waals surface area (Å²) in [5.74, 6) is 3.27. The predicted molar refractivity (Wildman–Crippen MR) is 128 cm³/mol. The Morgan fingerprint density at radius 1 is 1.27 bits per heavy atom. The van der Waals surface area contributed by atoms with E-state index in [1.54, 1.807) is 6.20 Å². The average molecular weight is 520 g/mol. The minimum absolute atomic E-state index is 0. The van der Waals surface area contributed by atoms with Gasteiger partial charge in [0.05, 0.1) is 12.7 Å². The van der Waals surface area contributed by atoms with Crippen LogP contribution >= 0.6 is 24.0 Å². The standard InChI is InChI=1S/C21H28N8.HI/c1-4-22-21(28-9-7-18(15-28)19-13-26-27(3)14-19)25-12-17-5-6-20(24-11-17)29-10-8-23-16(29)2;/h5-6,8,10-11,13-14,18H,4,7,9,12,15H2,1-3H3,(H,22,25);1H. The molecule has 0 radical (unpaired) electrons. The molecule has 3 aromatic heterocycles. The van der Waals surface area contributed by atoms with Gasteiger partial charge in [0.1, 0.15) is 11.6 Å². The van der Waals surface area contributed by atoms with Gasteiger partial charge in [-0.1, -0.05) is 6.07 Å². The highest BCUT2D eigenvalue weighted by Crippen LogP contribution is 2.26. The van der Waals surface area contributed by atoms with Crippen molar-refractivity contribution in [1.82, 2.24) is 34.5 Å². The van der Waals surface area contributed by atoms with Gasteiger partial charge in [-0.2, -0.15) is 5.10 Å². The molecule has 3 aromatic rings. The van der Waals surface area contributed by atoms with Gasteiger partial charge in [0.2, 0.25) is 0 Å². The minimum atomic E-state index is 0. The van der Waals surface area contributed by atoms with Crippen molar-refractivity contribution >= 4 is 29.9 Å². The van der Waals surface area contributed by atoms with Crippen molar-refractivity contribution in [2.45, 2.75) is 32.7 Å². The highest BCUT2D eigenvalue weighted by atomic mass is 127. The third-order valence-corrected chi connectivity index (χ3v) is 5.31. The second-order valence-electron chi connectivity index (χ2n) is 7.42. The molecule has 1 unspecified atom stereocenters. The molecular weight excluding hydrogens is 491 g/mol. The number of rotatable bonds is 5. The molecule has 0 amide bonds. The second-order valence-corrected chi connectivity index (χ2v) is 7.42. The van der Waals surface area contributed by atoms with Gasteiger partial charge in [0, 0.05) is 57.4 Å². The van der Waals surface area contributed by atoms with Gasteiger partial charge in [0.15, 0.2) is 5.96 Å². The van der Waals surface area contributed by atoms with Gasteiger partial charge >= 0.3 is 0 Å². The first-order valence-electron chi connectivity index (χ1n) is 10.1. The fourth-order valence-corrected chi connectivity index (χ4v) is 3.74. The van der Waals surface area contributed by atoms with Crippen molar-refractivity contribution in [3.8, 4) is 5.82 Å². The summed E-state index contributed by atoms with van der Waals surface area (Å²) < 4.78 is 3.85. The third kappa shape index (κ3) is 5.00. The molecule has 4 heterocycles. The number of aliphatic imine (C=N–C) groups is 1. The van der Waals surface area contributed by atoms with Gasteiger partial charge < -0.3 is 10.2 Å². The lowest BCUT2D eigenvalue weighted by Crippen LogP contribution is -2.40. The number of halogens is 1. The van der Waals surface area contributed by atoms with Gasteiger partial charge in [-0.3, -0.25) is 9.25 Å². The molecule has 0 saturated carbocycles. The Kier molecular flexibility index (Phi) is 7.46. The number of pyridine rings is 1. The molecule has 1 saturated heterocycles. The Hall–Kier alpha value is -2.43. The molecule has 0 spiro atoms. The van der Waals surface area contributed by atoms with E-state index in [-0.39, 0.29) is 24.0 Å². The van der Waals surface area contributed by atoms with E-state index in [9.17, 15) is 0 Å². The van der Waals surface area contributed by atoms with Gasteiger partial charge in [-0.05, 0) is 37.5 Å². The minimum Gasteiger partial charge on any atom is -0.357 e. The highest BCUT2D eigenvalue weighted by molar-refractivity contribution is 14.0. The van der Waals surface area contributed by atoms with E-state index < -0.39 is 0 Å². The molecule has 30 heavy (non-hydrogen) atoms. The zero-order valence-corrected chi connectivity index (χ0v) is 20.0. The molecule has 8 nitrogen and oxygen atoms in total. The zero-order chi connectivity index (χ0) is 20.2. The van der Waals surface area contributed by atoms with E-state index in [0.717, 1.165) is 49.2 Å². The summed E-state index contributed by atoms with van der Waals surface area (Å²) in [5, 5.41) is 7.75. The molecule has 1 aliphatic heterocycles. The summed E-state index contributed by atoms with van der Waals surface area (Å²) in [6.45, 7) is 7.50. The molecular formula is C21H29IN8. The van der Waals surface area contributed by atoms with E-state index in [4.69, 9.17) is 4.99 Å². The van der Waals surface area contributed by atoms with E-state index in [1.807, 2.05) is 47.9 Å². The van der Waals surface area contributed by atoms with Crippen LogP contribution in [0.1, 0.15) is 36.2 Å². The number of aryl methyl sites for hydroxylation is 2. The van der Waals surface area contributed by atoms with Crippen molar-refractivity contribution in [3.63, 3.8) is 0 Å². The van der Waals surface area contributed by atoms with E-state index in [1.165, 1.54) is 5.56 Å². The molecule has 1 fully saturated rings. The number of likely N-dealkylation sites (tertiary alicyclic amines) is 1. The number of nitrogens with one attached hydrogen (secondary N) is 1. The van der Waals surface area contributed by atoms with Crippen LogP contribution in [0.3, 0.4) is 0 Å². The quantitative estimate of drug-likeness (QED) is 0.318. The van der Waals surface area contributed by atoms with Gasteiger partial charge in [-0.15, -0.1) is 24.0 Å². The monoisotopic (exact) mass is 520 g/mol. The maximum Gasteiger partial charge on any atom is 0.194 e. The fraction of sp³-hybridized carbons (Fsp3) is 0.429. The second kappa shape index (κ2) is 10.1. The summed E-state index contributed by atoms with van der Waals surface area (Å²) in [6, 6.07) is 4.10. The van der Waals surface area contributed by atoms with E-state index in [0.29, 0.717) is 12.5 Å². The van der Waals surface area contributed by atoms with Gasteiger partial charge in [0.25, 0.3) is 0 Å². The third-order valence-electron chi connectivity index (χ3n) is 5.31. The first-order chi connectivity index (χ1) is 14.1. The Morgan fingerprint density at radius 3 is 2.77 bits per heavy atom. The van der Waals surface area contributed by atoms with Crippen molar-refractivity contribution < 1.29 is 0 Å².